The lowest BCUT2D eigenvalue weighted by atomic mass is 9.77. The number of aromatic nitrogens is 4. The van der Waals surface area contributed by atoms with Gasteiger partial charge in [0.05, 0.1) is 29.9 Å². The molecule has 0 bridgehead atoms. The summed E-state index contributed by atoms with van der Waals surface area (Å²) in [5.74, 6) is -0.510. The van der Waals surface area contributed by atoms with Crippen molar-refractivity contribution < 1.29 is 19.0 Å². The molecule has 9 nitrogen and oxygen atoms in total. The van der Waals surface area contributed by atoms with Gasteiger partial charge < -0.3 is 20.1 Å². The second-order valence-electron chi connectivity index (χ2n) is 9.99. The van der Waals surface area contributed by atoms with Crippen LogP contribution in [0.25, 0.3) is 16.9 Å². The molecule has 1 aliphatic rings. The molecule has 35 heavy (non-hydrogen) atoms. The van der Waals surface area contributed by atoms with Gasteiger partial charge in [-0.1, -0.05) is 40.2 Å². The highest BCUT2D eigenvalue weighted by molar-refractivity contribution is 5.76. The minimum Gasteiger partial charge on any atom is -0.475 e. The zero-order valence-electron chi connectivity index (χ0n) is 20.7. The minimum absolute atomic E-state index is 0.00303. The van der Waals surface area contributed by atoms with Crippen molar-refractivity contribution in [1.82, 2.24) is 24.5 Å². The maximum atomic E-state index is 15.6. The molecule has 1 saturated heterocycles. The molecule has 0 saturated carbocycles. The summed E-state index contributed by atoms with van der Waals surface area (Å²) in [7, 11) is 0. The van der Waals surface area contributed by atoms with Gasteiger partial charge in [-0.3, -0.25) is 0 Å². The van der Waals surface area contributed by atoms with E-state index in [1.807, 2.05) is 52.1 Å². The van der Waals surface area contributed by atoms with Gasteiger partial charge in [-0.25, -0.2) is 14.3 Å². The monoisotopic (exact) mass is 484 g/mol. The number of hydrogen-bond donors (Lipinski definition) is 2. The third-order valence-corrected chi connectivity index (χ3v) is 6.31. The number of halogens is 1. The highest BCUT2D eigenvalue weighted by atomic mass is 19.1. The average Bonchev–Trinajstić information content (AvgIpc) is 3.25. The largest absolute Gasteiger partial charge is 0.475 e. The molecule has 0 spiro atoms. The van der Waals surface area contributed by atoms with Crippen LogP contribution in [-0.4, -0.2) is 60.9 Å². The van der Waals surface area contributed by atoms with E-state index in [0.717, 1.165) is 18.4 Å². The van der Waals surface area contributed by atoms with E-state index >= 15 is 4.39 Å². The molecule has 0 aromatic carbocycles. The number of ether oxygens (including phenoxy) is 1. The fourth-order valence-electron chi connectivity index (χ4n) is 4.77. The highest BCUT2D eigenvalue weighted by Gasteiger charge is 2.42. The lowest BCUT2D eigenvalue weighted by molar-refractivity contribution is 0.0517. The molecular weight excluding hydrogens is 451 g/mol. The summed E-state index contributed by atoms with van der Waals surface area (Å²) in [5, 5.41) is 17.4. The summed E-state index contributed by atoms with van der Waals surface area (Å²) in [6, 6.07) is 4.95. The van der Waals surface area contributed by atoms with Gasteiger partial charge in [0, 0.05) is 18.8 Å². The van der Waals surface area contributed by atoms with Crippen LogP contribution in [0.3, 0.4) is 0 Å². The molecule has 3 aromatic heterocycles. The predicted octanol–water partition coefficient (Wildman–Crippen LogP) is 5.08. The van der Waals surface area contributed by atoms with Gasteiger partial charge in [0.2, 0.25) is 5.82 Å². The molecule has 0 aliphatic carbocycles. The van der Waals surface area contributed by atoms with E-state index in [9.17, 15) is 9.90 Å². The molecule has 1 amide bonds. The third kappa shape index (κ3) is 5.16. The number of anilines is 1. The Balaban J connectivity index is 1.76. The molecule has 0 radical (unpaired) electrons. The Kier molecular flexibility index (Phi) is 7.09. The first-order chi connectivity index (χ1) is 16.7. The number of carbonyl (C=O) groups is 1. The molecule has 4 rings (SSSR count). The Labute approximate surface area is 204 Å². The van der Waals surface area contributed by atoms with Crippen LogP contribution >= 0.6 is 0 Å². The van der Waals surface area contributed by atoms with E-state index in [4.69, 9.17) is 4.74 Å². The Bertz CT molecular complexity index is 1190. The maximum absolute atomic E-state index is 15.6. The lowest BCUT2D eigenvalue weighted by Gasteiger charge is -2.47. The van der Waals surface area contributed by atoms with Crippen LogP contribution in [0.2, 0.25) is 0 Å². The number of piperidine rings is 1. The summed E-state index contributed by atoms with van der Waals surface area (Å²) in [5.41, 5.74) is 1.06. The smallest absolute Gasteiger partial charge is 0.407 e. The van der Waals surface area contributed by atoms with Gasteiger partial charge in [0.25, 0.3) is 5.88 Å². The molecule has 188 valence electrons. The van der Waals surface area contributed by atoms with Crippen molar-refractivity contribution in [2.75, 3.05) is 18.5 Å². The third-order valence-electron chi connectivity index (χ3n) is 6.31. The van der Waals surface area contributed by atoms with Crippen molar-refractivity contribution >= 4 is 17.4 Å². The number of pyridine rings is 1. The summed E-state index contributed by atoms with van der Waals surface area (Å²) >= 11 is 0. The molecule has 4 heterocycles. The molecule has 2 atom stereocenters. The number of amides is 1. The quantitative estimate of drug-likeness (QED) is 0.451. The zero-order chi connectivity index (χ0) is 25.2. The number of carboxylic acid groups (broad SMARTS) is 1. The number of nitrogens with zero attached hydrogens (tertiary/aromatic N) is 5. The van der Waals surface area contributed by atoms with Crippen LogP contribution < -0.4 is 10.1 Å². The Morgan fingerprint density at radius 1 is 1.31 bits per heavy atom. The summed E-state index contributed by atoms with van der Waals surface area (Å²) < 4.78 is 23.0. The standard InChI is InChI=1S/C25H33FN6O3/c1-5-6-14-35-23-19(26)22(28-17-10-9-12-31(24(33)34)20(17)25(2,3)4)29-21(30-23)16-15-27-32-13-8-7-11-18(16)32/h7-8,11,13,15,17,20H,5-6,9-10,12,14H2,1-4H3,(H,33,34)(H,28,29,30)/t17-,20?/m1/s1. The van der Waals surface area contributed by atoms with E-state index in [1.54, 1.807) is 10.7 Å². The second kappa shape index (κ2) is 10.1. The fraction of sp³-hybridized carbons (Fsp3) is 0.520. The van der Waals surface area contributed by atoms with Crippen LogP contribution in [-0.2, 0) is 0 Å². The highest BCUT2D eigenvalue weighted by Crippen LogP contribution is 2.35. The van der Waals surface area contributed by atoms with E-state index < -0.39 is 11.9 Å². The van der Waals surface area contributed by atoms with Crippen LogP contribution in [0.1, 0.15) is 53.4 Å². The lowest BCUT2D eigenvalue weighted by Crippen LogP contribution is -2.58. The van der Waals surface area contributed by atoms with Gasteiger partial charge in [0.1, 0.15) is 0 Å². The van der Waals surface area contributed by atoms with Gasteiger partial charge in [-0.15, -0.1) is 0 Å². The zero-order valence-corrected chi connectivity index (χ0v) is 20.7. The molecule has 1 unspecified atom stereocenters. The van der Waals surface area contributed by atoms with Crippen LogP contribution in [0, 0.1) is 11.2 Å². The summed E-state index contributed by atoms with van der Waals surface area (Å²) in [6.07, 6.45) is 5.51. The number of hydrogen-bond acceptors (Lipinski definition) is 6. The fourth-order valence-corrected chi connectivity index (χ4v) is 4.77. The molecular formula is C25H33FN6O3. The van der Waals surface area contributed by atoms with Crippen molar-refractivity contribution in [3.8, 4) is 17.3 Å². The van der Waals surface area contributed by atoms with Crippen LogP contribution in [0.4, 0.5) is 15.0 Å². The first kappa shape index (κ1) is 24.7. The first-order valence-corrected chi connectivity index (χ1v) is 12.1. The normalized spacial score (nSPS) is 18.6. The van der Waals surface area contributed by atoms with E-state index in [-0.39, 0.29) is 29.2 Å². The molecule has 10 heteroatoms. The SMILES string of the molecule is CCCCOc1nc(-c2cnn3ccccc23)nc(N[C@@H]2CCCN(C(=O)O)C2C(C)(C)C)c1F. The topological polar surface area (TPSA) is 105 Å². The van der Waals surface area contributed by atoms with E-state index in [0.29, 0.717) is 37.4 Å². The predicted molar refractivity (Wildman–Crippen MR) is 131 cm³/mol. The number of likely N-dealkylation sites (tertiary alicyclic amines) is 1. The van der Waals surface area contributed by atoms with Crippen molar-refractivity contribution in [2.24, 2.45) is 5.41 Å². The number of rotatable bonds is 7. The Hall–Kier alpha value is -3.43. The molecule has 3 aromatic rings. The average molecular weight is 485 g/mol. The number of unbranched alkanes of at least 4 members (excludes halogenated alkanes) is 1. The van der Waals surface area contributed by atoms with Crippen LogP contribution in [0.15, 0.2) is 30.6 Å². The minimum atomic E-state index is -0.977. The van der Waals surface area contributed by atoms with Gasteiger partial charge in [-0.05, 0) is 36.8 Å². The molecule has 1 fully saturated rings. The van der Waals surface area contributed by atoms with Crippen LogP contribution in [0.5, 0.6) is 5.88 Å². The second-order valence-corrected chi connectivity index (χ2v) is 9.99. The van der Waals surface area contributed by atoms with Crippen molar-refractivity contribution in [3.63, 3.8) is 0 Å². The van der Waals surface area contributed by atoms with E-state index in [2.05, 4.69) is 20.4 Å². The van der Waals surface area contributed by atoms with Gasteiger partial charge in [-0.2, -0.15) is 14.5 Å². The number of nitrogens with one attached hydrogen (secondary N) is 1. The molecule has 1 aliphatic heterocycles. The van der Waals surface area contributed by atoms with Crippen molar-refractivity contribution in [2.45, 2.75) is 65.5 Å². The van der Waals surface area contributed by atoms with Gasteiger partial charge in [0.15, 0.2) is 11.6 Å². The first-order valence-electron chi connectivity index (χ1n) is 12.1. The van der Waals surface area contributed by atoms with Gasteiger partial charge >= 0.3 is 6.09 Å². The van der Waals surface area contributed by atoms with Crippen molar-refractivity contribution in [3.05, 3.63) is 36.4 Å². The van der Waals surface area contributed by atoms with E-state index in [1.165, 1.54) is 4.90 Å². The summed E-state index contributed by atoms with van der Waals surface area (Å²) in [4.78, 5) is 22.4. The summed E-state index contributed by atoms with van der Waals surface area (Å²) in [6.45, 7) is 8.79. The molecule has 2 N–H and O–H groups in total. The van der Waals surface area contributed by atoms with Crippen molar-refractivity contribution in [1.29, 1.82) is 0 Å². The Morgan fingerprint density at radius 3 is 2.83 bits per heavy atom. The maximum Gasteiger partial charge on any atom is 0.407 e. The Morgan fingerprint density at radius 2 is 2.11 bits per heavy atom. The number of fused-ring (bicyclic) bond motifs is 1.